The van der Waals surface area contributed by atoms with Gasteiger partial charge in [-0.25, -0.2) is 0 Å². The molecular weight excluding hydrogens is 327 g/mol. The number of ether oxygens (including phenoxy) is 1. The summed E-state index contributed by atoms with van der Waals surface area (Å²) in [7, 11) is 0. The average Bonchev–Trinajstić information content (AvgIpc) is 3.16. The molecular formula is C14H16F3N5O2. The van der Waals surface area contributed by atoms with E-state index in [9.17, 15) is 18.0 Å². The molecule has 1 fully saturated rings. The molecule has 1 saturated heterocycles. The molecule has 0 bridgehead atoms. The van der Waals surface area contributed by atoms with E-state index in [0.29, 0.717) is 19.8 Å². The van der Waals surface area contributed by atoms with Gasteiger partial charge >= 0.3 is 6.18 Å². The summed E-state index contributed by atoms with van der Waals surface area (Å²) in [5.41, 5.74) is 0.638. The molecule has 3 rings (SSSR count). The first-order valence-corrected chi connectivity index (χ1v) is 7.34. The first kappa shape index (κ1) is 16.5. The predicted molar refractivity (Wildman–Crippen MR) is 75.8 cm³/mol. The number of aryl methyl sites for hydroxylation is 1. The van der Waals surface area contributed by atoms with Gasteiger partial charge in [0.25, 0.3) is 0 Å². The summed E-state index contributed by atoms with van der Waals surface area (Å²) in [4.78, 5) is 14.1. The van der Waals surface area contributed by atoms with Gasteiger partial charge < -0.3 is 9.64 Å². The fraction of sp³-hybridized carbons (Fsp3) is 0.500. The zero-order valence-corrected chi connectivity index (χ0v) is 12.9. The van der Waals surface area contributed by atoms with Gasteiger partial charge in [-0.1, -0.05) is 0 Å². The zero-order chi connectivity index (χ0) is 17.3. The van der Waals surface area contributed by atoms with E-state index in [0.717, 1.165) is 28.2 Å². The molecule has 1 N–H and O–H groups in total. The molecule has 2 aromatic heterocycles. The SMILES string of the molecule is Cc1cn[nH]c1[C@H]1COCCN1C(=O)Cn1ccc(C(F)(F)F)n1. The Kier molecular flexibility index (Phi) is 4.31. The molecule has 1 atom stereocenters. The number of alkyl halides is 3. The molecule has 0 radical (unpaired) electrons. The number of nitrogens with one attached hydrogen (secondary N) is 1. The van der Waals surface area contributed by atoms with Gasteiger partial charge in [-0.15, -0.1) is 0 Å². The van der Waals surface area contributed by atoms with Gasteiger partial charge in [0.15, 0.2) is 5.69 Å². The molecule has 0 aromatic carbocycles. The topological polar surface area (TPSA) is 76.0 Å². The summed E-state index contributed by atoms with van der Waals surface area (Å²) < 4.78 is 44.2. The smallest absolute Gasteiger partial charge is 0.377 e. The molecule has 10 heteroatoms. The maximum Gasteiger partial charge on any atom is 0.435 e. The van der Waals surface area contributed by atoms with Crippen LogP contribution in [0.1, 0.15) is 23.0 Å². The molecule has 7 nitrogen and oxygen atoms in total. The molecule has 0 spiro atoms. The van der Waals surface area contributed by atoms with Crippen LogP contribution in [0.5, 0.6) is 0 Å². The van der Waals surface area contributed by atoms with Crippen molar-refractivity contribution in [2.75, 3.05) is 19.8 Å². The highest BCUT2D eigenvalue weighted by Gasteiger charge is 2.34. The number of halogens is 3. The van der Waals surface area contributed by atoms with Gasteiger partial charge in [-0.3, -0.25) is 14.6 Å². The van der Waals surface area contributed by atoms with E-state index < -0.39 is 11.9 Å². The zero-order valence-electron chi connectivity index (χ0n) is 12.9. The van der Waals surface area contributed by atoms with Crippen LogP contribution < -0.4 is 0 Å². The Balaban J connectivity index is 1.75. The van der Waals surface area contributed by atoms with E-state index in [-0.39, 0.29) is 18.5 Å². The number of amides is 1. The largest absolute Gasteiger partial charge is 0.435 e. The summed E-state index contributed by atoms with van der Waals surface area (Å²) in [5, 5.41) is 10.2. The Morgan fingerprint density at radius 1 is 1.50 bits per heavy atom. The van der Waals surface area contributed by atoms with E-state index >= 15 is 0 Å². The number of H-pyrrole nitrogens is 1. The van der Waals surface area contributed by atoms with Gasteiger partial charge in [0, 0.05) is 12.7 Å². The van der Waals surface area contributed by atoms with Crippen molar-refractivity contribution in [3.63, 3.8) is 0 Å². The lowest BCUT2D eigenvalue weighted by molar-refractivity contribution is -0.144. The van der Waals surface area contributed by atoms with Crippen LogP contribution in [-0.4, -0.2) is 50.5 Å². The number of hydrogen-bond acceptors (Lipinski definition) is 4. The Hall–Kier alpha value is -2.36. The average molecular weight is 343 g/mol. The number of carbonyl (C=O) groups is 1. The van der Waals surface area contributed by atoms with Crippen molar-refractivity contribution in [2.45, 2.75) is 25.7 Å². The molecule has 0 aliphatic carbocycles. The van der Waals surface area contributed by atoms with Crippen LogP contribution in [0.15, 0.2) is 18.5 Å². The quantitative estimate of drug-likeness (QED) is 0.917. The molecule has 0 unspecified atom stereocenters. The Morgan fingerprint density at radius 2 is 2.29 bits per heavy atom. The highest BCUT2D eigenvalue weighted by atomic mass is 19.4. The maximum absolute atomic E-state index is 12.6. The van der Waals surface area contributed by atoms with Crippen molar-refractivity contribution < 1.29 is 22.7 Å². The second-order valence-electron chi connectivity index (χ2n) is 5.54. The Labute approximate surface area is 135 Å². The van der Waals surface area contributed by atoms with Gasteiger partial charge in [0.1, 0.15) is 6.54 Å². The standard InChI is InChI=1S/C14H16F3N5O2/c1-9-6-18-19-13(9)10-8-24-5-4-22(10)12(23)7-21-3-2-11(20-21)14(15,16)17/h2-3,6,10H,4-5,7-8H2,1H3,(H,18,19)/t10-/m1/s1. The number of morpholine rings is 1. The number of nitrogens with zero attached hydrogens (tertiary/aromatic N) is 4. The predicted octanol–water partition coefficient (Wildman–Crippen LogP) is 1.53. The molecule has 3 heterocycles. The summed E-state index contributed by atoms with van der Waals surface area (Å²) in [6, 6.07) is 0.509. The van der Waals surface area contributed by atoms with Gasteiger partial charge in [0.05, 0.1) is 31.1 Å². The first-order chi connectivity index (χ1) is 11.4. The van der Waals surface area contributed by atoms with E-state index in [1.807, 2.05) is 6.92 Å². The van der Waals surface area contributed by atoms with Crippen molar-refractivity contribution in [3.05, 3.63) is 35.4 Å². The van der Waals surface area contributed by atoms with Gasteiger partial charge in [0.2, 0.25) is 5.91 Å². The van der Waals surface area contributed by atoms with E-state index in [4.69, 9.17) is 4.74 Å². The summed E-state index contributed by atoms with van der Waals surface area (Å²) in [5.74, 6) is -0.325. The molecule has 2 aromatic rings. The van der Waals surface area contributed by atoms with Crippen LogP contribution in [0.2, 0.25) is 0 Å². The number of carbonyl (C=O) groups excluding carboxylic acids is 1. The number of aromatic amines is 1. The van der Waals surface area contributed by atoms with Crippen molar-refractivity contribution in [1.82, 2.24) is 24.9 Å². The second kappa shape index (κ2) is 6.27. The summed E-state index contributed by atoms with van der Waals surface area (Å²) in [6.07, 6.45) is -1.73. The Bertz CT molecular complexity index is 724. The fourth-order valence-corrected chi connectivity index (χ4v) is 2.67. The van der Waals surface area contributed by atoms with Crippen molar-refractivity contribution >= 4 is 5.91 Å². The lowest BCUT2D eigenvalue weighted by atomic mass is 10.1. The lowest BCUT2D eigenvalue weighted by Gasteiger charge is -2.35. The molecule has 1 amide bonds. The van der Waals surface area contributed by atoms with Crippen LogP contribution in [-0.2, 0) is 22.3 Å². The molecule has 1 aliphatic rings. The van der Waals surface area contributed by atoms with Crippen molar-refractivity contribution in [3.8, 4) is 0 Å². The van der Waals surface area contributed by atoms with Gasteiger partial charge in [-0.05, 0) is 18.6 Å². The monoisotopic (exact) mass is 343 g/mol. The number of rotatable bonds is 3. The fourth-order valence-electron chi connectivity index (χ4n) is 2.67. The minimum atomic E-state index is -4.52. The third-order valence-corrected chi connectivity index (χ3v) is 3.88. The Morgan fingerprint density at radius 3 is 2.92 bits per heavy atom. The highest BCUT2D eigenvalue weighted by molar-refractivity contribution is 5.76. The van der Waals surface area contributed by atoms with Crippen LogP contribution in [0.3, 0.4) is 0 Å². The van der Waals surface area contributed by atoms with E-state index in [2.05, 4.69) is 15.3 Å². The number of hydrogen-bond donors (Lipinski definition) is 1. The molecule has 24 heavy (non-hydrogen) atoms. The summed E-state index contributed by atoms with van der Waals surface area (Å²) >= 11 is 0. The normalized spacial score (nSPS) is 18.8. The minimum absolute atomic E-state index is 0.264. The van der Waals surface area contributed by atoms with Crippen LogP contribution >= 0.6 is 0 Å². The third-order valence-electron chi connectivity index (χ3n) is 3.88. The van der Waals surface area contributed by atoms with Gasteiger partial charge in [-0.2, -0.15) is 23.4 Å². The van der Waals surface area contributed by atoms with E-state index in [1.165, 1.54) is 0 Å². The first-order valence-electron chi connectivity index (χ1n) is 7.34. The second-order valence-corrected chi connectivity index (χ2v) is 5.54. The van der Waals surface area contributed by atoms with Crippen LogP contribution in [0.25, 0.3) is 0 Å². The van der Waals surface area contributed by atoms with Crippen molar-refractivity contribution in [1.29, 1.82) is 0 Å². The van der Waals surface area contributed by atoms with Crippen molar-refractivity contribution in [2.24, 2.45) is 0 Å². The van der Waals surface area contributed by atoms with E-state index in [1.54, 1.807) is 11.1 Å². The maximum atomic E-state index is 12.6. The lowest BCUT2D eigenvalue weighted by Crippen LogP contribution is -2.45. The number of aromatic nitrogens is 4. The molecule has 0 saturated carbocycles. The third kappa shape index (κ3) is 3.28. The highest BCUT2D eigenvalue weighted by Crippen LogP contribution is 2.28. The van der Waals surface area contributed by atoms with Crippen LogP contribution in [0.4, 0.5) is 13.2 Å². The summed E-state index contributed by atoms with van der Waals surface area (Å²) in [6.45, 7) is 2.64. The minimum Gasteiger partial charge on any atom is -0.377 e. The molecule has 130 valence electrons. The molecule has 1 aliphatic heterocycles. The van der Waals surface area contributed by atoms with Crippen LogP contribution in [0, 0.1) is 6.92 Å².